The van der Waals surface area contributed by atoms with E-state index in [1.54, 1.807) is 24.3 Å². The molecule has 4 nitrogen and oxygen atoms in total. The zero-order valence-electron chi connectivity index (χ0n) is 11.2. The van der Waals surface area contributed by atoms with E-state index >= 15 is 0 Å². The van der Waals surface area contributed by atoms with Crippen molar-refractivity contribution in [2.24, 2.45) is 5.41 Å². The fourth-order valence-electron chi connectivity index (χ4n) is 3.18. The van der Waals surface area contributed by atoms with Crippen LogP contribution in [0.4, 0.5) is 5.69 Å². The molecule has 5 heteroatoms. The van der Waals surface area contributed by atoms with Crippen LogP contribution in [0, 0.1) is 5.41 Å². The standard InChI is InChI=1S/C15H17ClN2O2/c16-11-4-6-12(7-5-11)17-18-13(19)10-15(14(18)20)8-2-1-3-9-15/h4-7,17H,1-3,8-10H2. The summed E-state index contributed by atoms with van der Waals surface area (Å²) in [5.74, 6) is -0.205. The number of halogens is 1. The van der Waals surface area contributed by atoms with Gasteiger partial charge in [-0.2, -0.15) is 5.01 Å². The van der Waals surface area contributed by atoms with Crippen LogP contribution in [0.3, 0.4) is 0 Å². The van der Waals surface area contributed by atoms with Crippen molar-refractivity contribution in [3.63, 3.8) is 0 Å². The number of nitrogens with one attached hydrogen (secondary N) is 1. The summed E-state index contributed by atoms with van der Waals surface area (Å²) in [5.41, 5.74) is 3.16. The number of imide groups is 1. The van der Waals surface area contributed by atoms with Crippen molar-refractivity contribution in [2.75, 3.05) is 5.43 Å². The van der Waals surface area contributed by atoms with Gasteiger partial charge in [-0.15, -0.1) is 0 Å². The van der Waals surface area contributed by atoms with E-state index in [1.807, 2.05) is 0 Å². The van der Waals surface area contributed by atoms with Gasteiger partial charge in [0, 0.05) is 11.4 Å². The molecule has 1 saturated heterocycles. The Balaban J connectivity index is 1.78. The highest BCUT2D eigenvalue weighted by Gasteiger charge is 2.51. The van der Waals surface area contributed by atoms with Crippen molar-refractivity contribution < 1.29 is 9.59 Å². The number of carbonyl (C=O) groups excluding carboxylic acids is 2. The number of hydrogen-bond acceptors (Lipinski definition) is 3. The number of rotatable bonds is 2. The number of nitrogens with zero attached hydrogens (tertiary/aromatic N) is 1. The van der Waals surface area contributed by atoms with Gasteiger partial charge in [0.25, 0.3) is 5.91 Å². The van der Waals surface area contributed by atoms with Gasteiger partial charge in [-0.3, -0.25) is 15.0 Å². The second-order valence-corrected chi connectivity index (χ2v) is 6.11. The largest absolute Gasteiger partial charge is 0.289 e. The summed E-state index contributed by atoms with van der Waals surface area (Å²) in [5, 5.41) is 1.81. The molecule has 2 aliphatic rings. The second-order valence-electron chi connectivity index (χ2n) is 5.67. The molecular formula is C15H17ClN2O2. The minimum atomic E-state index is -0.450. The van der Waals surface area contributed by atoms with E-state index in [-0.39, 0.29) is 11.8 Å². The molecule has 106 valence electrons. The number of hydrazine groups is 1. The molecule has 1 aliphatic carbocycles. The summed E-state index contributed by atoms with van der Waals surface area (Å²) in [7, 11) is 0. The van der Waals surface area contributed by atoms with E-state index in [1.165, 1.54) is 5.01 Å². The van der Waals surface area contributed by atoms with E-state index in [9.17, 15) is 9.59 Å². The quantitative estimate of drug-likeness (QED) is 0.850. The first-order valence-corrected chi connectivity index (χ1v) is 7.38. The number of anilines is 1. The van der Waals surface area contributed by atoms with Crippen molar-refractivity contribution >= 4 is 29.1 Å². The molecule has 0 radical (unpaired) electrons. The average molecular weight is 293 g/mol. The van der Waals surface area contributed by atoms with Crippen LogP contribution in [0.5, 0.6) is 0 Å². The maximum Gasteiger partial charge on any atom is 0.254 e. The molecule has 0 bridgehead atoms. The topological polar surface area (TPSA) is 49.4 Å². The minimum Gasteiger partial charge on any atom is -0.289 e. The fraction of sp³-hybridized carbons (Fsp3) is 0.467. The molecule has 0 atom stereocenters. The van der Waals surface area contributed by atoms with Crippen molar-refractivity contribution in [1.82, 2.24) is 5.01 Å². The van der Waals surface area contributed by atoms with Gasteiger partial charge >= 0.3 is 0 Å². The van der Waals surface area contributed by atoms with Gasteiger partial charge in [0.2, 0.25) is 5.91 Å². The molecule has 1 heterocycles. The lowest BCUT2D eigenvalue weighted by Crippen LogP contribution is -2.40. The molecule has 1 aliphatic heterocycles. The van der Waals surface area contributed by atoms with Crippen molar-refractivity contribution in [3.8, 4) is 0 Å². The third-order valence-corrected chi connectivity index (χ3v) is 4.54. The highest BCUT2D eigenvalue weighted by molar-refractivity contribution is 6.30. The zero-order valence-corrected chi connectivity index (χ0v) is 11.9. The lowest BCUT2D eigenvalue weighted by Gasteiger charge is -2.30. The molecule has 1 saturated carbocycles. The Hall–Kier alpha value is -1.55. The molecule has 20 heavy (non-hydrogen) atoms. The molecule has 1 aromatic carbocycles. The Kier molecular flexibility index (Phi) is 3.42. The molecule has 0 unspecified atom stereocenters. The summed E-state index contributed by atoms with van der Waals surface area (Å²) in [6.45, 7) is 0. The monoisotopic (exact) mass is 292 g/mol. The maximum atomic E-state index is 12.6. The second kappa shape index (κ2) is 5.09. The van der Waals surface area contributed by atoms with Crippen LogP contribution in [0.2, 0.25) is 5.02 Å². The molecule has 1 spiro atoms. The van der Waals surface area contributed by atoms with Crippen LogP contribution >= 0.6 is 11.6 Å². The average Bonchev–Trinajstić information content (AvgIpc) is 2.67. The Morgan fingerprint density at radius 2 is 1.70 bits per heavy atom. The van der Waals surface area contributed by atoms with Crippen LogP contribution in [-0.2, 0) is 9.59 Å². The van der Waals surface area contributed by atoms with Crippen LogP contribution < -0.4 is 5.43 Å². The first kappa shape index (κ1) is 13.4. The van der Waals surface area contributed by atoms with Crippen LogP contribution in [0.1, 0.15) is 38.5 Å². The molecular weight excluding hydrogens is 276 g/mol. The highest BCUT2D eigenvalue weighted by atomic mass is 35.5. The van der Waals surface area contributed by atoms with E-state index in [0.717, 1.165) is 32.1 Å². The van der Waals surface area contributed by atoms with E-state index in [4.69, 9.17) is 11.6 Å². The Morgan fingerprint density at radius 3 is 2.35 bits per heavy atom. The predicted molar refractivity (Wildman–Crippen MR) is 77.1 cm³/mol. The van der Waals surface area contributed by atoms with Crippen LogP contribution in [0.25, 0.3) is 0 Å². The Bertz CT molecular complexity index is 535. The predicted octanol–water partition coefficient (Wildman–Crippen LogP) is 3.38. The minimum absolute atomic E-state index is 0.0721. The van der Waals surface area contributed by atoms with Gasteiger partial charge in [0.05, 0.1) is 11.1 Å². The van der Waals surface area contributed by atoms with Crippen molar-refractivity contribution in [2.45, 2.75) is 38.5 Å². The first-order valence-electron chi connectivity index (χ1n) is 7.00. The van der Waals surface area contributed by atoms with Crippen molar-refractivity contribution in [1.29, 1.82) is 0 Å². The first-order chi connectivity index (χ1) is 9.61. The van der Waals surface area contributed by atoms with Crippen molar-refractivity contribution in [3.05, 3.63) is 29.3 Å². The van der Waals surface area contributed by atoms with Gasteiger partial charge in [-0.1, -0.05) is 30.9 Å². The van der Waals surface area contributed by atoms with E-state index in [0.29, 0.717) is 17.1 Å². The summed E-state index contributed by atoms with van der Waals surface area (Å²) in [6, 6.07) is 6.97. The number of benzene rings is 1. The summed E-state index contributed by atoms with van der Waals surface area (Å²) in [4.78, 5) is 24.7. The molecule has 0 aromatic heterocycles. The van der Waals surface area contributed by atoms with Gasteiger partial charge in [-0.25, -0.2) is 0 Å². The highest BCUT2D eigenvalue weighted by Crippen LogP contribution is 2.45. The zero-order chi connectivity index (χ0) is 14.2. The van der Waals surface area contributed by atoms with Gasteiger partial charge in [0.1, 0.15) is 0 Å². The Morgan fingerprint density at radius 1 is 1.05 bits per heavy atom. The van der Waals surface area contributed by atoms with E-state index < -0.39 is 5.41 Å². The maximum absolute atomic E-state index is 12.6. The smallest absolute Gasteiger partial charge is 0.254 e. The normalized spacial score (nSPS) is 21.6. The van der Waals surface area contributed by atoms with Gasteiger partial charge < -0.3 is 0 Å². The molecule has 1 N–H and O–H groups in total. The number of hydrogen-bond donors (Lipinski definition) is 1. The summed E-state index contributed by atoms with van der Waals surface area (Å²) < 4.78 is 0. The SMILES string of the molecule is O=C1CC2(CCCCC2)C(=O)N1Nc1ccc(Cl)cc1. The number of carbonyl (C=O) groups is 2. The molecule has 2 amide bonds. The third-order valence-electron chi connectivity index (χ3n) is 4.29. The van der Waals surface area contributed by atoms with Crippen LogP contribution in [0.15, 0.2) is 24.3 Å². The summed E-state index contributed by atoms with van der Waals surface area (Å²) >= 11 is 5.83. The molecule has 3 rings (SSSR count). The molecule has 1 aromatic rings. The third kappa shape index (κ3) is 2.29. The van der Waals surface area contributed by atoms with Gasteiger partial charge in [0.15, 0.2) is 0 Å². The summed E-state index contributed by atoms with van der Waals surface area (Å²) in [6.07, 6.45) is 5.23. The lowest BCUT2D eigenvalue weighted by atomic mass is 9.73. The molecule has 2 fully saturated rings. The number of amides is 2. The van der Waals surface area contributed by atoms with Gasteiger partial charge in [-0.05, 0) is 37.1 Å². The van der Waals surface area contributed by atoms with E-state index in [2.05, 4.69) is 5.43 Å². The van der Waals surface area contributed by atoms with Crippen LogP contribution in [-0.4, -0.2) is 16.8 Å². The Labute approximate surface area is 123 Å². The lowest BCUT2D eigenvalue weighted by molar-refractivity contribution is -0.140. The fourth-order valence-corrected chi connectivity index (χ4v) is 3.31.